The molecule has 0 saturated heterocycles. The van der Waals surface area contributed by atoms with Crippen molar-refractivity contribution < 1.29 is 58.7 Å². The molecule has 0 saturated carbocycles. The van der Waals surface area contributed by atoms with E-state index in [1.165, 1.54) is 36.4 Å². The van der Waals surface area contributed by atoms with Crippen molar-refractivity contribution in [2.45, 2.75) is 36.4 Å². The lowest BCUT2D eigenvalue weighted by molar-refractivity contribution is -0.274. The first-order valence-electron chi connectivity index (χ1n) is 12.5. The lowest BCUT2D eigenvalue weighted by atomic mass is 10.1. The van der Waals surface area contributed by atoms with E-state index in [-0.39, 0.29) is 47.1 Å². The van der Waals surface area contributed by atoms with E-state index in [1.54, 1.807) is 0 Å². The van der Waals surface area contributed by atoms with Crippen LogP contribution in [0.3, 0.4) is 0 Å². The second-order valence-corrected chi connectivity index (χ2v) is 11.2. The molecule has 4 aromatic rings. The third-order valence-electron chi connectivity index (χ3n) is 6.35. The number of carboxylic acids is 1. The van der Waals surface area contributed by atoms with E-state index in [2.05, 4.69) is 14.9 Å². The maximum atomic E-state index is 13.7. The van der Waals surface area contributed by atoms with E-state index in [1.807, 2.05) is 0 Å². The molecule has 0 bridgehead atoms. The number of nitrogens with zero attached hydrogens (tertiary/aromatic N) is 3. The van der Waals surface area contributed by atoms with Gasteiger partial charge in [0.1, 0.15) is 17.6 Å². The Balaban J connectivity index is 1.55. The monoisotopic (exact) mass is 643 g/mol. The second-order valence-electron chi connectivity index (χ2n) is 9.38. The lowest BCUT2D eigenvalue weighted by Crippen LogP contribution is -2.43. The Morgan fingerprint density at radius 2 is 1.77 bits per heavy atom. The topological polar surface area (TPSA) is 132 Å². The molecule has 1 aliphatic heterocycles. The van der Waals surface area contributed by atoms with Crippen molar-refractivity contribution in [1.82, 2.24) is 10.1 Å². The fourth-order valence-electron chi connectivity index (χ4n) is 4.38. The van der Waals surface area contributed by atoms with Crippen LogP contribution in [0.25, 0.3) is 22.8 Å². The summed E-state index contributed by atoms with van der Waals surface area (Å²) in [7, 11) is -4.67. The summed E-state index contributed by atoms with van der Waals surface area (Å²) in [5, 5.41) is 12.9. The van der Waals surface area contributed by atoms with E-state index in [9.17, 15) is 39.6 Å². The first kappa shape index (κ1) is 30.7. The zero-order valence-corrected chi connectivity index (χ0v) is 22.8. The van der Waals surface area contributed by atoms with Gasteiger partial charge in [-0.1, -0.05) is 23.4 Å². The van der Waals surface area contributed by atoms with Crippen molar-refractivity contribution in [3.05, 3.63) is 72.3 Å². The van der Waals surface area contributed by atoms with Crippen LogP contribution in [-0.4, -0.2) is 48.6 Å². The number of rotatable bonds is 8. The molecule has 0 radical (unpaired) electrons. The molecule has 5 rings (SSSR count). The summed E-state index contributed by atoms with van der Waals surface area (Å²) in [4.78, 5) is 14.6. The molecular formula is C27H19F6N3O7S. The Bertz CT molecular complexity index is 1810. The molecule has 44 heavy (non-hydrogen) atoms. The molecule has 232 valence electrons. The minimum absolute atomic E-state index is 0.0291. The highest BCUT2D eigenvalue weighted by Crippen LogP contribution is 2.41. The fraction of sp³-hybridized carbons (Fsp3) is 0.222. The molecule has 0 aliphatic carbocycles. The van der Waals surface area contributed by atoms with E-state index < -0.39 is 57.4 Å². The standard InChI is InChI=1S/C27H19F6N3O7S/c28-26(29,30)16-4-3-5-18(13-16)44(39,40)36-14-17(9-11-23(37)38)41-22-10-8-15(12-20(22)36)24-34-25(43-35-24)19-6-1-2-7-21(19)42-27(31,32)33/h1-8,10,12-13,17H,9,11,14H2,(H,37,38). The van der Waals surface area contributed by atoms with Gasteiger partial charge in [0.15, 0.2) is 0 Å². The number of carbonyl (C=O) groups is 1. The number of hydrogen-bond acceptors (Lipinski definition) is 8. The van der Waals surface area contributed by atoms with Gasteiger partial charge in [0.25, 0.3) is 15.9 Å². The number of benzene rings is 3. The maximum absolute atomic E-state index is 13.7. The number of halogens is 6. The molecule has 0 spiro atoms. The van der Waals surface area contributed by atoms with Gasteiger partial charge in [0, 0.05) is 12.0 Å². The normalized spacial score (nSPS) is 15.4. The number of fused-ring (bicyclic) bond motifs is 1. The minimum Gasteiger partial charge on any atom is -0.486 e. The lowest BCUT2D eigenvalue weighted by Gasteiger charge is -2.35. The molecule has 1 aliphatic rings. The fourth-order valence-corrected chi connectivity index (χ4v) is 5.93. The predicted molar refractivity (Wildman–Crippen MR) is 139 cm³/mol. The van der Waals surface area contributed by atoms with Gasteiger partial charge >= 0.3 is 18.5 Å². The van der Waals surface area contributed by atoms with Crippen molar-refractivity contribution in [2.24, 2.45) is 0 Å². The van der Waals surface area contributed by atoms with E-state index >= 15 is 0 Å². The number of carboxylic acid groups (broad SMARTS) is 1. The highest BCUT2D eigenvalue weighted by molar-refractivity contribution is 7.92. The Morgan fingerprint density at radius 3 is 2.48 bits per heavy atom. The number of para-hydroxylation sites is 1. The maximum Gasteiger partial charge on any atom is 0.573 e. The van der Waals surface area contributed by atoms with Gasteiger partial charge in [-0.3, -0.25) is 9.10 Å². The minimum atomic E-state index is -5.01. The number of sulfonamides is 1. The first-order chi connectivity index (χ1) is 20.6. The first-order valence-corrected chi connectivity index (χ1v) is 14.0. The molecule has 1 aromatic heterocycles. The van der Waals surface area contributed by atoms with Crippen molar-refractivity contribution in [3.63, 3.8) is 0 Å². The zero-order valence-electron chi connectivity index (χ0n) is 22.0. The highest BCUT2D eigenvalue weighted by Gasteiger charge is 2.38. The van der Waals surface area contributed by atoms with Gasteiger partial charge in [0.05, 0.1) is 28.3 Å². The molecule has 17 heteroatoms. The summed E-state index contributed by atoms with van der Waals surface area (Å²) in [6.45, 7) is -0.442. The second kappa shape index (κ2) is 11.4. The van der Waals surface area contributed by atoms with Gasteiger partial charge in [-0.25, -0.2) is 8.42 Å². The van der Waals surface area contributed by atoms with Crippen molar-refractivity contribution >= 4 is 21.7 Å². The van der Waals surface area contributed by atoms with Crippen LogP contribution in [-0.2, 0) is 21.0 Å². The van der Waals surface area contributed by atoms with Crippen molar-refractivity contribution in [3.8, 4) is 34.3 Å². The number of anilines is 1. The van der Waals surface area contributed by atoms with Crippen LogP contribution < -0.4 is 13.8 Å². The van der Waals surface area contributed by atoms with E-state index in [4.69, 9.17) is 14.4 Å². The number of hydrogen-bond donors (Lipinski definition) is 1. The largest absolute Gasteiger partial charge is 0.573 e. The quantitative estimate of drug-likeness (QED) is 0.225. The highest BCUT2D eigenvalue weighted by atomic mass is 32.2. The van der Waals surface area contributed by atoms with Crippen LogP contribution in [0.15, 0.2) is 76.1 Å². The van der Waals surface area contributed by atoms with Crippen LogP contribution in [0.4, 0.5) is 32.0 Å². The Labute approximate surface area is 244 Å². The predicted octanol–water partition coefficient (Wildman–Crippen LogP) is 6.14. The summed E-state index contributed by atoms with van der Waals surface area (Å²) in [6.07, 6.45) is -11.3. The van der Waals surface area contributed by atoms with Gasteiger partial charge in [-0.05, 0) is 55.0 Å². The third-order valence-corrected chi connectivity index (χ3v) is 8.12. The molecule has 1 unspecified atom stereocenters. The summed E-state index contributed by atoms with van der Waals surface area (Å²) < 4.78 is 122. The summed E-state index contributed by atoms with van der Waals surface area (Å²) in [5.74, 6) is -2.33. The van der Waals surface area contributed by atoms with Crippen molar-refractivity contribution in [1.29, 1.82) is 0 Å². The van der Waals surface area contributed by atoms with Crippen molar-refractivity contribution in [2.75, 3.05) is 10.8 Å². The smallest absolute Gasteiger partial charge is 0.486 e. The number of aliphatic carboxylic acids is 1. The van der Waals surface area contributed by atoms with E-state index in [0.717, 1.165) is 22.5 Å². The molecule has 1 N–H and O–H groups in total. The number of ether oxygens (including phenoxy) is 2. The van der Waals surface area contributed by atoms with Gasteiger partial charge in [-0.15, -0.1) is 13.2 Å². The van der Waals surface area contributed by atoms with Gasteiger partial charge in [-0.2, -0.15) is 18.2 Å². The van der Waals surface area contributed by atoms with Gasteiger partial charge < -0.3 is 19.1 Å². The molecule has 1 atom stereocenters. The third kappa shape index (κ3) is 6.56. The van der Waals surface area contributed by atoms with Crippen LogP contribution >= 0.6 is 0 Å². The summed E-state index contributed by atoms with van der Waals surface area (Å²) >= 11 is 0. The van der Waals surface area contributed by atoms with Crippen LogP contribution in [0.2, 0.25) is 0 Å². The summed E-state index contributed by atoms with van der Waals surface area (Å²) in [5.41, 5.74) is -1.39. The Kier molecular flexibility index (Phi) is 7.92. The molecule has 2 heterocycles. The van der Waals surface area contributed by atoms with Crippen LogP contribution in [0.5, 0.6) is 11.5 Å². The molecular weight excluding hydrogens is 624 g/mol. The summed E-state index contributed by atoms with van der Waals surface area (Å²) in [6, 6.07) is 12.1. The molecule has 10 nitrogen and oxygen atoms in total. The SMILES string of the molecule is O=C(O)CCC1CN(S(=O)(=O)c2cccc(C(F)(F)F)c2)c2cc(-c3noc(-c4ccccc4OC(F)(F)F)n3)ccc2O1. The number of aromatic nitrogens is 2. The zero-order chi connectivity index (χ0) is 31.9. The van der Waals surface area contributed by atoms with Crippen LogP contribution in [0.1, 0.15) is 18.4 Å². The molecule has 3 aromatic carbocycles. The number of alkyl halides is 6. The average molecular weight is 644 g/mol. The van der Waals surface area contributed by atoms with E-state index in [0.29, 0.717) is 12.1 Å². The molecule has 0 amide bonds. The molecule has 0 fully saturated rings. The van der Waals surface area contributed by atoms with Crippen LogP contribution in [0, 0.1) is 0 Å². The average Bonchev–Trinajstić information content (AvgIpc) is 3.44. The Hall–Kier alpha value is -4.80. The van der Waals surface area contributed by atoms with Gasteiger partial charge in [0.2, 0.25) is 5.82 Å². The Morgan fingerprint density at radius 1 is 1.02 bits per heavy atom.